The van der Waals surface area contributed by atoms with Gasteiger partial charge in [0.1, 0.15) is 6.61 Å². The molecule has 0 aliphatic carbocycles. The van der Waals surface area contributed by atoms with Crippen LogP contribution in [0.4, 0.5) is 0 Å². The molecule has 34 heavy (non-hydrogen) atoms. The summed E-state index contributed by atoms with van der Waals surface area (Å²) >= 11 is 3.91. The van der Waals surface area contributed by atoms with E-state index in [2.05, 4.69) is 23.4 Å². The summed E-state index contributed by atoms with van der Waals surface area (Å²) < 4.78 is 17.0. The van der Waals surface area contributed by atoms with Gasteiger partial charge in [0.15, 0.2) is 6.29 Å². The number of ether oxygens (including phenoxy) is 3. The highest BCUT2D eigenvalue weighted by Crippen LogP contribution is 2.31. The molecule has 1 fully saturated rings. The number of hydrogen-bond acceptors (Lipinski definition) is 9. The first kappa shape index (κ1) is 28.2. The number of hydrazine groups is 1. The van der Waals surface area contributed by atoms with E-state index in [-0.39, 0.29) is 37.5 Å². The average molecular weight is 498 g/mol. The molecule has 1 aliphatic rings. The van der Waals surface area contributed by atoms with Crippen LogP contribution in [0.5, 0.6) is 0 Å². The molecule has 0 aromatic heterocycles. The summed E-state index contributed by atoms with van der Waals surface area (Å²) in [5.74, 6) is -0.660. The van der Waals surface area contributed by atoms with Gasteiger partial charge >= 0.3 is 5.97 Å². The maximum Gasteiger partial charge on any atom is 0.302 e. The van der Waals surface area contributed by atoms with Crippen molar-refractivity contribution in [2.75, 3.05) is 19.8 Å². The van der Waals surface area contributed by atoms with Crippen LogP contribution >= 0.6 is 12.6 Å². The third kappa shape index (κ3) is 8.97. The standard InChI is InChI=1S/C23H35N3O7S/c1-14-15(2)21(24-16(3)27)23(33-20(14)13-32-17(4)28)31-11-10-26(30)25-19(22(29)34)12-18-8-6-5-7-9-18/h5-9,14-15,19-21,23,25,30H,10-13H2,1-4H3,(H,24,27)(H,29,34). The summed E-state index contributed by atoms with van der Waals surface area (Å²) in [6.45, 7) is 6.80. The Morgan fingerprint density at radius 3 is 2.44 bits per heavy atom. The number of amides is 1. The van der Waals surface area contributed by atoms with Crippen LogP contribution in [0.15, 0.2) is 30.3 Å². The average Bonchev–Trinajstić information content (AvgIpc) is 2.77. The quantitative estimate of drug-likeness (QED) is 0.192. The van der Waals surface area contributed by atoms with Crippen LogP contribution in [0.3, 0.4) is 0 Å². The normalized spacial score (nSPS) is 25.6. The van der Waals surface area contributed by atoms with Crippen molar-refractivity contribution in [2.24, 2.45) is 11.8 Å². The topological polar surface area (TPSA) is 126 Å². The van der Waals surface area contributed by atoms with Crippen molar-refractivity contribution in [3.8, 4) is 0 Å². The van der Waals surface area contributed by atoms with Gasteiger partial charge in [-0.1, -0.05) is 44.2 Å². The van der Waals surface area contributed by atoms with E-state index in [1.165, 1.54) is 13.8 Å². The number of benzene rings is 1. The molecule has 10 nitrogen and oxygen atoms in total. The zero-order chi connectivity index (χ0) is 25.3. The van der Waals surface area contributed by atoms with E-state index in [0.717, 1.165) is 10.7 Å². The van der Waals surface area contributed by atoms with Crippen molar-refractivity contribution >= 4 is 29.6 Å². The van der Waals surface area contributed by atoms with Crippen LogP contribution in [0.25, 0.3) is 0 Å². The van der Waals surface area contributed by atoms with Crippen molar-refractivity contribution in [3.05, 3.63) is 35.9 Å². The Morgan fingerprint density at radius 2 is 1.85 bits per heavy atom. The Labute approximate surface area is 205 Å². The number of nitrogens with zero attached hydrogens (tertiary/aromatic N) is 1. The van der Waals surface area contributed by atoms with Crippen molar-refractivity contribution in [1.29, 1.82) is 0 Å². The predicted octanol–water partition coefficient (Wildman–Crippen LogP) is 1.33. The van der Waals surface area contributed by atoms with Crippen LogP contribution in [0.1, 0.15) is 33.3 Å². The lowest BCUT2D eigenvalue weighted by Crippen LogP contribution is -2.58. The van der Waals surface area contributed by atoms with Gasteiger partial charge in [0.2, 0.25) is 11.0 Å². The second-order valence-corrected chi connectivity index (χ2v) is 8.93. The van der Waals surface area contributed by atoms with Gasteiger partial charge in [-0.15, -0.1) is 17.8 Å². The molecule has 0 radical (unpaired) electrons. The van der Waals surface area contributed by atoms with E-state index in [1.807, 2.05) is 44.2 Å². The molecule has 1 amide bonds. The summed E-state index contributed by atoms with van der Waals surface area (Å²) in [6, 6.07) is 8.22. The lowest BCUT2D eigenvalue weighted by atomic mass is 9.82. The summed E-state index contributed by atoms with van der Waals surface area (Å²) in [7, 11) is 0. The molecule has 1 saturated heterocycles. The molecule has 6 unspecified atom stereocenters. The molecule has 2 rings (SSSR count). The molecule has 6 atom stereocenters. The Kier molecular flexibility index (Phi) is 11.4. The molecule has 1 aromatic carbocycles. The Hall–Kier alpha value is -2.02. The summed E-state index contributed by atoms with van der Waals surface area (Å²) in [6.07, 6.45) is -0.866. The van der Waals surface area contributed by atoms with E-state index in [9.17, 15) is 19.6 Å². The first-order valence-electron chi connectivity index (χ1n) is 11.2. The van der Waals surface area contributed by atoms with Gasteiger partial charge in [0.05, 0.1) is 31.3 Å². The van der Waals surface area contributed by atoms with Gasteiger partial charge in [0.25, 0.3) is 0 Å². The molecular weight excluding hydrogens is 462 g/mol. The Balaban J connectivity index is 1.94. The maximum absolute atomic E-state index is 11.9. The first-order valence-corrected chi connectivity index (χ1v) is 11.7. The lowest BCUT2D eigenvalue weighted by molar-refractivity contribution is -0.252. The van der Waals surface area contributed by atoms with E-state index in [0.29, 0.717) is 6.42 Å². The molecule has 3 N–H and O–H groups in total. The molecule has 0 bridgehead atoms. The van der Waals surface area contributed by atoms with Crippen molar-refractivity contribution < 1.29 is 33.8 Å². The Morgan fingerprint density at radius 1 is 1.18 bits per heavy atom. The Bertz CT molecular complexity index is 811. The number of rotatable bonds is 12. The molecule has 11 heteroatoms. The number of carbonyl (C=O) groups excluding carboxylic acids is 3. The monoisotopic (exact) mass is 497 g/mol. The first-order chi connectivity index (χ1) is 16.1. The third-order valence-electron chi connectivity index (χ3n) is 5.88. The molecule has 190 valence electrons. The number of hydrogen-bond donors (Lipinski definition) is 4. The predicted molar refractivity (Wildman–Crippen MR) is 127 cm³/mol. The van der Waals surface area contributed by atoms with Gasteiger partial charge in [-0.2, -0.15) is 0 Å². The van der Waals surface area contributed by atoms with Crippen molar-refractivity contribution in [2.45, 2.75) is 58.6 Å². The van der Waals surface area contributed by atoms with Crippen LogP contribution in [-0.2, 0) is 35.0 Å². The van der Waals surface area contributed by atoms with Gasteiger partial charge in [0, 0.05) is 13.8 Å². The minimum atomic E-state index is -0.810. The fourth-order valence-electron chi connectivity index (χ4n) is 3.80. The molecule has 1 aromatic rings. The molecule has 0 spiro atoms. The fourth-order valence-corrected chi connectivity index (χ4v) is 3.95. The van der Waals surface area contributed by atoms with Gasteiger partial charge < -0.3 is 19.5 Å². The fraction of sp³-hybridized carbons (Fsp3) is 0.609. The van der Waals surface area contributed by atoms with Crippen molar-refractivity contribution in [3.63, 3.8) is 0 Å². The van der Waals surface area contributed by atoms with E-state index in [4.69, 9.17) is 14.2 Å². The number of thiol groups is 1. The zero-order valence-corrected chi connectivity index (χ0v) is 20.9. The molecule has 1 aliphatic heterocycles. The van der Waals surface area contributed by atoms with Gasteiger partial charge in [-0.05, 0) is 23.8 Å². The van der Waals surface area contributed by atoms with Crippen LogP contribution in [-0.4, -0.2) is 71.6 Å². The molecule has 0 saturated carbocycles. The second-order valence-electron chi connectivity index (χ2n) is 8.49. The minimum Gasteiger partial charge on any atom is -0.463 e. The second kappa shape index (κ2) is 13.8. The maximum atomic E-state index is 11.9. The molecular formula is C23H35N3O7S. The third-order valence-corrected chi connectivity index (χ3v) is 6.19. The van der Waals surface area contributed by atoms with E-state index < -0.39 is 35.6 Å². The highest BCUT2D eigenvalue weighted by Gasteiger charge is 2.43. The zero-order valence-electron chi connectivity index (χ0n) is 20.0. The number of hydroxylamine groups is 1. The number of esters is 1. The summed E-state index contributed by atoms with van der Waals surface area (Å²) in [5.41, 5.74) is 3.64. The number of nitrogens with one attached hydrogen (secondary N) is 2. The summed E-state index contributed by atoms with van der Waals surface area (Å²) in [5, 5.41) is 13.5. The highest BCUT2D eigenvalue weighted by molar-refractivity contribution is 7.96. The minimum absolute atomic E-state index is 0.00722. The van der Waals surface area contributed by atoms with Crippen LogP contribution < -0.4 is 10.7 Å². The SMILES string of the molecule is CC(=O)NC1C(OCCN(O)NC(Cc2ccccc2)C(=O)S)OC(COC(C)=O)C(C)C1C. The molecule has 1 heterocycles. The smallest absolute Gasteiger partial charge is 0.302 e. The number of carbonyl (C=O) groups is 3. The van der Waals surface area contributed by atoms with Crippen LogP contribution in [0.2, 0.25) is 0 Å². The highest BCUT2D eigenvalue weighted by atomic mass is 32.1. The summed E-state index contributed by atoms with van der Waals surface area (Å²) in [4.78, 5) is 34.9. The lowest BCUT2D eigenvalue weighted by Gasteiger charge is -2.44. The van der Waals surface area contributed by atoms with Crippen LogP contribution in [0, 0.1) is 11.8 Å². The van der Waals surface area contributed by atoms with Gasteiger partial charge in [-0.3, -0.25) is 19.6 Å². The van der Waals surface area contributed by atoms with Gasteiger partial charge in [-0.25, -0.2) is 5.43 Å². The van der Waals surface area contributed by atoms with E-state index >= 15 is 0 Å². The van der Waals surface area contributed by atoms with Crippen molar-refractivity contribution in [1.82, 2.24) is 15.9 Å². The van der Waals surface area contributed by atoms with E-state index in [1.54, 1.807) is 0 Å². The largest absolute Gasteiger partial charge is 0.463 e.